The zero-order chi connectivity index (χ0) is 24.0. The molecule has 0 aliphatic carbocycles. The van der Waals surface area contributed by atoms with Gasteiger partial charge in [0.2, 0.25) is 5.88 Å². The first-order valence-corrected chi connectivity index (χ1v) is 13.6. The second-order valence-electron chi connectivity index (χ2n) is 7.73. The molecule has 3 aromatic rings. The highest BCUT2D eigenvalue weighted by molar-refractivity contribution is 8.26. The van der Waals surface area contributed by atoms with Gasteiger partial charge in [0.1, 0.15) is 21.3 Å². The van der Waals surface area contributed by atoms with Crippen molar-refractivity contribution in [3.8, 4) is 11.6 Å². The summed E-state index contributed by atoms with van der Waals surface area (Å²) in [4.78, 5) is 32.5. The first kappa shape index (κ1) is 23.0. The highest BCUT2D eigenvalue weighted by atomic mass is 35.5. The summed E-state index contributed by atoms with van der Waals surface area (Å²) in [6, 6.07) is 11.2. The molecule has 1 unspecified atom stereocenters. The van der Waals surface area contributed by atoms with Crippen molar-refractivity contribution in [2.75, 3.05) is 11.5 Å². The van der Waals surface area contributed by atoms with Crippen molar-refractivity contribution >= 4 is 67.4 Å². The predicted octanol–water partition coefficient (Wildman–Crippen LogP) is 3.53. The Labute approximate surface area is 209 Å². The summed E-state index contributed by atoms with van der Waals surface area (Å²) in [6.07, 6.45) is 3.30. The van der Waals surface area contributed by atoms with Crippen LogP contribution in [0.3, 0.4) is 0 Å². The van der Waals surface area contributed by atoms with Gasteiger partial charge < -0.3 is 4.74 Å². The third-order valence-corrected chi connectivity index (χ3v) is 8.77. The Morgan fingerprint density at radius 1 is 1.18 bits per heavy atom. The van der Waals surface area contributed by atoms with Gasteiger partial charge in [-0.05, 0) is 48.9 Å². The van der Waals surface area contributed by atoms with E-state index in [0.717, 1.165) is 11.8 Å². The van der Waals surface area contributed by atoms with Crippen molar-refractivity contribution in [2.24, 2.45) is 0 Å². The molecule has 12 heteroatoms. The van der Waals surface area contributed by atoms with E-state index >= 15 is 0 Å². The van der Waals surface area contributed by atoms with E-state index < -0.39 is 27.3 Å². The van der Waals surface area contributed by atoms with Crippen LogP contribution in [0.5, 0.6) is 11.6 Å². The lowest BCUT2D eigenvalue weighted by molar-refractivity contribution is -0.123. The SMILES string of the molecule is O=C1C(=Cc2c(Oc3ccc(Cl)cc3)nc3ccccn3c2=O)SC(=S)N1C1CCS(=O)(=O)C1. The summed E-state index contributed by atoms with van der Waals surface area (Å²) < 4.78 is 31.3. The number of halogens is 1. The maximum atomic E-state index is 13.3. The van der Waals surface area contributed by atoms with Crippen LogP contribution in [0.2, 0.25) is 5.02 Å². The normalized spacial score (nSPS) is 21.0. The standard InChI is InChI=1S/C22H16ClN3O5S3/c23-13-4-6-15(7-5-13)31-19-16(20(27)25-9-2-1-3-18(25)24-19)11-17-21(28)26(22(32)33-17)14-8-10-34(29,30)12-14/h1-7,9,11,14H,8,10,12H2. The summed E-state index contributed by atoms with van der Waals surface area (Å²) in [5.41, 5.74) is 0.0128. The number of nitrogens with zero attached hydrogens (tertiary/aromatic N) is 3. The average molecular weight is 534 g/mol. The minimum absolute atomic E-state index is 0.0167. The van der Waals surface area contributed by atoms with Gasteiger partial charge >= 0.3 is 0 Å². The molecule has 1 aromatic carbocycles. The van der Waals surface area contributed by atoms with Crippen molar-refractivity contribution < 1.29 is 17.9 Å². The van der Waals surface area contributed by atoms with Crippen LogP contribution in [0.25, 0.3) is 11.7 Å². The summed E-state index contributed by atoms with van der Waals surface area (Å²) in [5, 5.41) is 0.525. The third kappa shape index (κ3) is 4.36. The van der Waals surface area contributed by atoms with Gasteiger partial charge in [0, 0.05) is 11.2 Å². The van der Waals surface area contributed by atoms with E-state index in [0.29, 0.717) is 22.8 Å². The van der Waals surface area contributed by atoms with Gasteiger partial charge in [-0.15, -0.1) is 0 Å². The summed E-state index contributed by atoms with van der Waals surface area (Å²) in [6.45, 7) is 0. The van der Waals surface area contributed by atoms with Crippen molar-refractivity contribution in [3.05, 3.63) is 74.5 Å². The zero-order valence-corrected chi connectivity index (χ0v) is 20.6. The number of aromatic nitrogens is 2. The highest BCUT2D eigenvalue weighted by Crippen LogP contribution is 2.37. The molecule has 34 heavy (non-hydrogen) atoms. The van der Waals surface area contributed by atoms with E-state index in [9.17, 15) is 18.0 Å². The van der Waals surface area contributed by atoms with Crippen LogP contribution in [0, 0.1) is 0 Å². The largest absolute Gasteiger partial charge is 0.438 e. The lowest BCUT2D eigenvalue weighted by Gasteiger charge is -2.20. The Morgan fingerprint density at radius 3 is 2.65 bits per heavy atom. The van der Waals surface area contributed by atoms with E-state index in [1.165, 1.54) is 15.4 Å². The van der Waals surface area contributed by atoms with Gasteiger partial charge in [-0.25, -0.2) is 8.42 Å². The Morgan fingerprint density at radius 2 is 1.94 bits per heavy atom. The Bertz CT molecular complexity index is 1530. The number of hydrogen-bond acceptors (Lipinski definition) is 8. The fourth-order valence-corrected chi connectivity index (χ4v) is 7.01. The minimum atomic E-state index is -3.21. The van der Waals surface area contributed by atoms with Gasteiger partial charge in [-0.2, -0.15) is 4.98 Å². The Balaban J connectivity index is 1.58. The Kier molecular flexibility index (Phi) is 5.96. The molecule has 2 fully saturated rings. The fraction of sp³-hybridized carbons (Fsp3) is 0.182. The lowest BCUT2D eigenvalue weighted by Crippen LogP contribution is -2.39. The number of amides is 1. The van der Waals surface area contributed by atoms with Crippen molar-refractivity contribution in [3.63, 3.8) is 0 Å². The maximum Gasteiger partial charge on any atom is 0.269 e. The molecule has 4 heterocycles. The van der Waals surface area contributed by atoms with Gasteiger partial charge in [-0.3, -0.25) is 18.9 Å². The zero-order valence-electron chi connectivity index (χ0n) is 17.4. The van der Waals surface area contributed by atoms with Crippen LogP contribution < -0.4 is 10.3 Å². The lowest BCUT2D eigenvalue weighted by atomic mass is 10.2. The molecule has 5 rings (SSSR count). The van der Waals surface area contributed by atoms with Gasteiger partial charge in [0.25, 0.3) is 11.5 Å². The number of fused-ring (bicyclic) bond motifs is 1. The number of carbonyl (C=O) groups excluding carboxylic acids is 1. The summed E-state index contributed by atoms with van der Waals surface area (Å²) in [7, 11) is -3.21. The molecule has 2 saturated heterocycles. The molecule has 174 valence electrons. The molecule has 0 bridgehead atoms. The number of thioether (sulfide) groups is 1. The van der Waals surface area contributed by atoms with Crippen molar-refractivity contribution in [2.45, 2.75) is 12.5 Å². The molecule has 2 aromatic heterocycles. The average Bonchev–Trinajstić information content (AvgIpc) is 3.29. The number of pyridine rings is 1. The Hall–Kier alpha value is -2.73. The van der Waals surface area contributed by atoms with Crippen LogP contribution >= 0.6 is 35.6 Å². The van der Waals surface area contributed by atoms with Crippen LogP contribution in [-0.4, -0.2) is 50.5 Å². The number of thiocarbonyl (C=S) groups is 1. The van der Waals surface area contributed by atoms with Crippen LogP contribution in [0.15, 0.2) is 58.4 Å². The van der Waals surface area contributed by atoms with E-state index in [-0.39, 0.29) is 32.2 Å². The second-order valence-corrected chi connectivity index (χ2v) is 12.1. The number of carbonyl (C=O) groups is 1. The van der Waals surface area contributed by atoms with Crippen molar-refractivity contribution in [1.29, 1.82) is 0 Å². The molecular formula is C22H16ClN3O5S3. The molecule has 1 atom stereocenters. The molecule has 0 N–H and O–H groups in total. The molecule has 0 radical (unpaired) electrons. The van der Waals surface area contributed by atoms with E-state index in [1.54, 1.807) is 48.7 Å². The van der Waals surface area contributed by atoms with Crippen LogP contribution in [0.1, 0.15) is 12.0 Å². The topological polar surface area (TPSA) is 98.0 Å². The van der Waals surface area contributed by atoms with Crippen molar-refractivity contribution in [1.82, 2.24) is 14.3 Å². The third-order valence-electron chi connectivity index (χ3n) is 5.43. The van der Waals surface area contributed by atoms with Gasteiger partial charge in [0.15, 0.2) is 9.84 Å². The molecule has 2 aliphatic rings. The monoisotopic (exact) mass is 533 g/mol. The first-order chi connectivity index (χ1) is 16.2. The first-order valence-electron chi connectivity index (χ1n) is 10.1. The fourth-order valence-electron chi connectivity index (χ4n) is 3.80. The number of sulfone groups is 1. The molecule has 0 spiro atoms. The summed E-state index contributed by atoms with van der Waals surface area (Å²) in [5.74, 6) is -0.116. The number of rotatable bonds is 4. The maximum absolute atomic E-state index is 13.3. The molecule has 2 aliphatic heterocycles. The quantitative estimate of drug-likeness (QED) is 0.371. The van der Waals surface area contributed by atoms with Crippen LogP contribution in [-0.2, 0) is 14.6 Å². The predicted molar refractivity (Wildman–Crippen MR) is 135 cm³/mol. The number of hydrogen-bond donors (Lipinski definition) is 0. The molecular weight excluding hydrogens is 518 g/mol. The van der Waals surface area contributed by atoms with Crippen LogP contribution in [0.4, 0.5) is 0 Å². The van der Waals surface area contributed by atoms with Gasteiger partial charge in [-0.1, -0.05) is 41.6 Å². The molecule has 8 nitrogen and oxygen atoms in total. The minimum Gasteiger partial charge on any atom is -0.438 e. The second kappa shape index (κ2) is 8.81. The smallest absolute Gasteiger partial charge is 0.269 e. The summed E-state index contributed by atoms with van der Waals surface area (Å²) >= 11 is 12.3. The number of benzene rings is 1. The molecule has 1 amide bonds. The van der Waals surface area contributed by atoms with E-state index in [4.69, 9.17) is 28.6 Å². The molecule has 0 saturated carbocycles. The van der Waals surface area contributed by atoms with E-state index in [1.807, 2.05) is 0 Å². The van der Waals surface area contributed by atoms with Gasteiger partial charge in [0.05, 0.1) is 22.5 Å². The van der Waals surface area contributed by atoms with E-state index in [2.05, 4.69) is 4.98 Å². The highest BCUT2D eigenvalue weighted by Gasteiger charge is 2.42. The number of ether oxygens (including phenoxy) is 1.